The van der Waals surface area contributed by atoms with Crippen molar-refractivity contribution in [2.75, 3.05) is 0 Å². The number of rotatable bonds is 2. The van der Waals surface area contributed by atoms with E-state index in [1.54, 1.807) is 6.07 Å². The number of hydrogen-bond acceptors (Lipinski definition) is 5. The molecule has 0 saturated carbocycles. The van der Waals surface area contributed by atoms with Gasteiger partial charge in [-0.05, 0) is 22.6 Å². The van der Waals surface area contributed by atoms with Crippen LogP contribution >= 0.6 is 15.9 Å². The van der Waals surface area contributed by atoms with Crippen LogP contribution in [0.1, 0.15) is 0 Å². The number of ether oxygens (including phenoxy) is 1. The molecule has 0 aliphatic rings. The predicted molar refractivity (Wildman–Crippen MR) is 62.8 cm³/mol. The van der Waals surface area contributed by atoms with Crippen molar-refractivity contribution in [3.63, 3.8) is 0 Å². The summed E-state index contributed by atoms with van der Waals surface area (Å²) in [6.07, 6.45) is 2.94. The van der Waals surface area contributed by atoms with Gasteiger partial charge < -0.3 is 4.74 Å². The van der Waals surface area contributed by atoms with Crippen LogP contribution in [0.5, 0.6) is 11.6 Å². The smallest absolute Gasteiger partial charge is 0.242 e. The fraction of sp³-hybridized carbons (Fsp3) is 0. The molecular weight excluding hydrogens is 305 g/mol. The van der Waals surface area contributed by atoms with Crippen LogP contribution in [0.15, 0.2) is 35.1 Å². The number of hydrogen-bond donors (Lipinski definition) is 0. The molecule has 3 rings (SSSR count). The number of halogens is 2. The molecule has 0 fully saturated rings. The Kier molecular flexibility index (Phi) is 2.63. The summed E-state index contributed by atoms with van der Waals surface area (Å²) in [6.45, 7) is 0. The summed E-state index contributed by atoms with van der Waals surface area (Å²) in [7, 11) is 0. The number of nitrogens with zero attached hydrogens (tertiary/aromatic N) is 5. The van der Waals surface area contributed by atoms with Crippen molar-refractivity contribution in [2.24, 2.45) is 0 Å². The maximum atomic E-state index is 13.2. The molecule has 90 valence electrons. The van der Waals surface area contributed by atoms with Gasteiger partial charge in [-0.2, -0.15) is 4.52 Å². The zero-order valence-electron chi connectivity index (χ0n) is 8.79. The predicted octanol–water partition coefficient (Wildman–Crippen LogP) is 2.21. The number of aromatic nitrogens is 5. The second kappa shape index (κ2) is 4.30. The average molecular weight is 310 g/mol. The Morgan fingerprint density at radius 2 is 2.11 bits per heavy atom. The molecule has 0 N–H and O–H groups in total. The molecule has 0 spiro atoms. The average Bonchev–Trinajstić information content (AvgIpc) is 2.76. The van der Waals surface area contributed by atoms with Crippen LogP contribution in [0.25, 0.3) is 5.65 Å². The fourth-order valence-corrected chi connectivity index (χ4v) is 1.88. The van der Waals surface area contributed by atoms with Crippen LogP contribution in [0, 0.1) is 5.82 Å². The van der Waals surface area contributed by atoms with Crippen molar-refractivity contribution >= 4 is 21.6 Å². The van der Waals surface area contributed by atoms with Gasteiger partial charge in [-0.25, -0.2) is 4.39 Å². The molecule has 18 heavy (non-hydrogen) atoms. The van der Waals surface area contributed by atoms with E-state index in [9.17, 15) is 4.39 Å². The third-order valence-corrected chi connectivity index (χ3v) is 2.59. The molecule has 0 bridgehead atoms. The largest absolute Gasteiger partial charge is 0.437 e. The van der Waals surface area contributed by atoms with Gasteiger partial charge >= 0.3 is 0 Å². The minimum atomic E-state index is -0.406. The van der Waals surface area contributed by atoms with E-state index in [4.69, 9.17) is 4.74 Å². The lowest BCUT2D eigenvalue weighted by atomic mass is 10.3. The summed E-state index contributed by atoms with van der Waals surface area (Å²) in [5.41, 5.74) is 0.447. The van der Waals surface area contributed by atoms with Crippen molar-refractivity contribution in [1.82, 2.24) is 25.0 Å². The third-order valence-electron chi connectivity index (χ3n) is 2.14. The van der Waals surface area contributed by atoms with E-state index in [1.165, 1.54) is 29.0 Å². The topological polar surface area (TPSA) is 65.2 Å². The summed E-state index contributed by atoms with van der Waals surface area (Å²) in [5.74, 6) is 0.220. The van der Waals surface area contributed by atoms with Gasteiger partial charge in [0.1, 0.15) is 11.6 Å². The van der Waals surface area contributed by atoms with Crippen molar-refractivity contribution in [1.29, 1.82) is 0 Å². The molecule has 0 amide bonds. The molecule has 3 aromatic rings. The Morgan fingerprint density at radius 1 is 1.22 bits per heavy atom. The summed E-state index contributed by atoms with van der Waals surface area (Å²) >= 11 is 3.19. The highest BCUT2D eigenvalue weighted by molar-refractivity contribution is 9.10. The molecule has 6 nitrogen and oxygen atoms in total. The maximum absolute atomic E-state index is 13.2. The highest BCUT2D eigenvalue weighted by atomic mass is 79.9. The van der Waals surface area contributed by atoms with E-state index in [0.29, 0.717) is 21.7 Å². The second-order valence-electron chi connectivity index (χ2n) is 3.40. The molecule has 2 aromatic heterocycles. The van der Waals surface area contributed by atoms with Gasteiger partial charge in [0, 0.05) is 10.5 Å². The van der Waals surface area contributed by atoms with Crippen LogP contribution < -0.4 is 4.74 Å². The summed E-state index contributed by atoms with van der Waals surface area (Å²) in [6, 6.07) is 4.23. The molecular formula is C10H5BrFN5O. The van der Waals surface area contributed by atoms with Crippen molar-refractivity contribution in [3.05, 3.63) is 40.9 Å². The summed E-state index contributed by atoms with van der Waals surface area (Å²) in [4.78, 5) is 3.93. The van der Waals surface area contributed by atoms with Crippen LogP contribution in [0.2, 0.25) is 0 Å². The van der Waals surface area contributed by atoms with E-state index >= 15 is 0 Å². The first kappa shape index (κ1) is 11.0. The minimum absolute atomic E-state index is 0.301. The maximum Gasteiger partial charge on any atom is 0.242 e. The van der Waals surface area contributed by atoms with Crippen molar-refractivity contribution in [3.8, 4) is 11.6 Å². The molecule has 0 aliphatic heterocycles. The van der Waals surface area contributed by atoms with Gasteiger partial charge in [0.2, 0.25) is 11.5 Å². The molecule has 0 radical (unpaired) electrons. The number of fused-ring (bicyclic) bond motifs is 1. The van der Waals surface area contributed by atoms with Crippen LogP contribution in [-0.4, -0.2) is 25.0 Å². The van der Waals surface area contributed by atoms with Gasteiger partial charge in [-0.15, -0.1) is 5.10 Å². The van der Waals surface area contributed by atoms with E-state index in [0.717, 1.165) is 0 Å². The Balaban J connectivity index is 2.03. The highest BCUT2D eigenvalue weighted by Crippen LogP contribution is 2.25. The lowest BCUT2D eigenvalue weighted by Gasteiger charge is -2.06. The lowest BCUT2D eigenvalue weighted by molar-refractivity contribution is 0.438. The van der Waals surface area contributed by atoms with E-state index in [-0.39, 0.29) is 0 Å². The van der Waals surface area contributed by atoms with Gasteiger partial charge in [0.05, 0.1) is 12.4 Å². The monoisotopic (exact) mass is 309 g/mol. The molecule has 2 heterocycles. The Labute approximate surface area is 109 Å². The first-order valence-corrected chi connectivity index (χ1v) is 5.68. The quantitative estimate of drug-likeness (QED) is 0.726. The van der Waals surface area contributed by atoms with Gasteiger partial charge in [0.15, 0.2) is 0 Å². The third kappa shape index (κ3) is 2.02. The first-order chi connectivity index (χ1) is 8.72. The standard InChI is InChI=1S/C10H5BrFN5O/c11-6-1-7(12)3-8(2-6)18-10-5-13-4-9-14-15-16-17(9)10/h1-5H. The van der Waals surface area contributed by atoms with Gasteiger partial charge in [0.25, 0.3) is 0 Å². The summed E-state index contributed by atoms with van der Waals surface area (Å²) < 4.78 is 20.7. The molecule has 1 aromatic carbocycles. The zero-order valence-corrected chi connectivity index (χ0v) is 10.4. The molecule has 0 aliphatic carbocycles. The van der Waals surface area contributed by atoms with E-state index < -0.39 is 5.82 Å². The minimum Gasteiger partial charge on any atom is -0.437 e. The SMILES string of the molecule is Fc1cc(Br)cc(Oc2cncc3nnnn23)c1. The van der Waals surface area contributed by atoms with E-state index in [1.807, 2.05) is 0 Å². The molecule has 0 unspecified atom stereocenters. The van der Waals surface area contributed by atoms with E-state index in [2.05, 4.69) is 36.4 Å². The number of tetrazole rings is 1. The molecule has 0 atom stereocenters. The normalized spacial score (nSPS) is 10.8. The fourth-order valence-electron chi connectivity index (χ4n) is 1.43. The Morgan fingerprint density at radius 3 is 2.94 bits per heavy atom. The first-order valence-electron chi connectivity index (χ1n) is 4.88. The zero-order chi connectivity index (χ0) is 12.5. The highest BCUT2D eigenvalue weighted by Gasteiger charge is 2.07. The van der Waals surface area contributed by atoms with Crippen LogP contribution in [0.4, 0.5) is 4.39 Å². The molecule has 0 saturated heterocycles. The van der Waals surface area contributed by atoms with Gasteiger partial charge in [-0.1, -0.05) is 15.9 Å². The Bertz CT molecular complexity index is 696. The molecule has 8 heteroatoms. The van der Waals surface area contributed by atoms with Crippen LogP contribution in [-0.2, 0) is 0 Å². The Hall–Kier alpha value is -2.09. The lowest BCUT2D eigenvalue weighted by Crippen LogP contribution is -1.97. The number of benzene rings is 1. The van der Waals surface area contributed by atoms with Crippen molar-refractivity contribution in [2.45, 2.75) is 0 Å². The summed E-state index contributed by atoms with van der Waals surface area (Å²) in [5, 5.41) is 11.0. The second-order valence-corrected chi connectivity index (χ2v) is 4.32. The van der Waals surface area contributed by atoms with Crippen LogP contribution in [0.3, 0.4) is 0 Å². The van der Waals surface area contributed by atoms with Gasteiger partial charge in [-0.3, -0.25) is 4.98 Å². The van der Waals surface area contributed by atoms with Crippen molar-refractivity contribution < 1.29 is 9.13 Å².